The van der Waals surface area contributed by atoms with Crippen LogP contribution in [0.5, 0.6) is 0 Å². The van der Waals surface area contributed by atoms with Gasteiger partial charge in [-0.3, -0.25) is 0 Å². The number of benzene rings is 1. The molecule has 1 aliphatic carbocycles. The zero-order valence-corrected chi connectivity index (χ0v) is 15.2. The maximum atomic E-state index is 11.2. The van der Waals surface area contributed by atoms with Gasteiger partial charge in [-0.25, -0.2) is 0 Å². The first-order chi connectivity index (χ1) is 9.82. The summed E-state index contributed by atoms with van der Waals surface area (Å²) >= 11 is 2.26. The van der Waals surface area contributed by atoms with Gasteiger partial charge in [0, 0.05) is 3.57 Å². The molecule has 3 heteroatoms. The molecule has 1 N–H and O–H groups in total. The molecular formula is C18H24INO. The molecule has 2 nitrogen and oxygen atoms in total. The summed E-state index contributed by atoms with van der Waals surface area (Å²) in [5, 5.41) is 21.0. The number of aliphatic hydroxyl groups is 1. The van der Waals surface area contributed by atoms with Gasteiger partial charge in [-0.1, -0.05) is 26.0 Å². The van der Waals surface area contributed by atoms with Crippen LogP contribution in [-0.4, -0.2) is 5.11 Å². The first kappa shape index (κ1) is 16.8. The molecule has 0 aromatic heterocycles. The molecule has 1 atom stereocenters. The van der Waals surface area contributed by atoms with Crippen LogP contribution in [0, 0.1) is 32.2 Å². The third-order valence-corrected chi connectivity index (χ3v) is 6.10. The summed E-state index contributed by atoms with van der Waals surface area (Å²) in [6.07, 6.45) is 3.63. The molecule has 0 bridgehead atoms. The minimum absolute atomic E-state index is 0.657. The number of hydrogen-bond acceptors (Lipinski definition) is 2. The molecule has 0 radical (unpaired) electrons. The van der Waals surface area contributed by atoms with Crippen molar-refractivity contribution in [3.8, 4) is 6.07 Å². The van der Waals surface area contributed by atoms with Gasteiger partial charge in [-0.15, -0.1) is 0 Å². The van der Waals surface area contributed by atoms with Gasteiger partial charge in [0.15, 0.2) is 0 Å². The molecule has 0 saturated heterocycles. The normalized spacial score (nSPS) is 28.9. The van der Waals surface area contributed by atoms with E-state index in [1.165, 1.54) is 0 Å². The van der Waals surface area contributed by atoms with Crippen LogP contribution in [-0.2, 0) is 5.60 Å². The first-order valence-electron chi connectivity index (χ1n) is 7.72. The van der Waals surface area contributed by atoms with Gasteiger partial charge in [0.1, 0.15) is 5.60 Å². The Morgan fingerprint density at radius 3 is 2.24 bits per heavy atom. The molecule has 1 saturated carbocycles. The number of nitriles is 1. The van der Waals surface area contributed by atoms with Gasteiger partial charge in [0.2, 0.25) is 0 Å². The molecule has 2 rings (SSSR count). The van der Waals surface area contributed by atoms with Crippen molar-refractivity contribution in [2.24, 2.45) is 17.3 Å². The minimum Gasteiger partial charge on any atom is -0.384 e. The standard InChI is InChI=1S/C18H24INO/c1-13(2)14-8-10-18(12-20,11-9-14)17(3,21)15-4-6-16(19)7-5-15/h4-7,13-14,21H,8-11H2,1-3H3. The Morgan fingerprint density at radius 2 is 1.81 bits per heavy atom. The summed E-state index contributed by atoms with van der Waals surface area (Å²) < 4.78 is 1.14. The summed E-state index contributed by atoms with van der Waals surface area (Å²) in [5.41, 5.74) is -0.897. The zero-order valence-electron chi connectivity index (χ0n) is 13.1. The van der Waals surface area contributed by atoms with E-state index in [0.717, 1.165) is 34.8 Å². The van der Waals surface area contributed by atoms with E-state index in [4.69, 9.17) is 0 Å². The maximum Gasteiger partial charge on any atom is 0.105 e. The third kappa shape index (κ3) is 3.12. The van der Waals surface area contributed by atoms with Crippen LogP contribution in [0.15, 0.2) is 24.3 Å². The fourth-order valence-corrected chi connectivity index (χ4v) is 3.92. The molecule has 1 fully saturated rings. The van der Waals surface area contributed by atoms with E-state index >= 15 is 0 Å². The topological polar surface area (TPSA) is 44.0 Å². The van der Waals surface area contributed by atoms with Crippen LogP contribution < -0.4 is 0 Å². The summed E-state index contributed by atoms with van der Waals surface area (Å²) in [4.78, 5) is 0. The molecule has 1 aliphatic rings. The van der Waals surface area contributed by atoms with Crippen molar-refractivity contribution in [2.45, 2.75) is 52.1 Å². The molecule has 0 heterocycles. The minimum atomic E-state index is -1.09. The second-order valence-corrected chi connectivity index (χ2v) is 8.10. The highest BCUT2D eigenvalue weighted by molar-refractivity contribution is 14.1. The van der Waals surface area contributed by atoms with E-state index in [9.17, 15) is 10.4 Å². The van der Waals surface area contributed by atoms with Crippen molar-refractivity contribution >= 4 is 22.6 Å². The van der Waals surface area contributed by atoms with Crippen LogP contribution >= 0.6 is 22.6 Å². The van der Waals surface area contributed by atoms with Crippen molar-refractivity contribution in [1.29, 1.82) is 5.26 Å². The lowest BCUT2D eigenvalue weighted by Crippen LogP contribution is -2.45. The highest BCUT2D eigenvalue weighted by atomic mass is 127. The van der Waals surface area contributed by atoms with Crippen LogP contribution in [0.4, 0.5) is 0 Å². The average molecular weight is 397 g/mol. The van der Waals surface area contributed by atoms with Gasteiger partial charge < -0.3 is 5.11 Å². The predicted octanol–water partition coefficient (Wildman–Crippen LogP) is 4.85. The third-order valence-electron chi connectivity index (χ3n) is 5.38. The quantitative estimate of drug-likeness (QED) is 0.741. The van der Waals surface area contributed by atoms with E-state index < -0.39 is 11.0 Å². The van der Waals surface area contributed by atoms with Crippen molar-refractivity contribution in [2.75, 3.05) is 0 Å². The smallest absolute Gasteiger partial charge is 0.105 e. The SMILES string of the molecule is CC(C)C1CCC(C#N)(C(C)(O)c2ccc(I)cc2)CC1. The highest BCUT2D eigenvalue weighted by Crippen LogP contribution is 2.51. The number of hydrogen-bond donors (Lipinski definition) is 1. The molecule has 1 aromatic carbocycles. The Labute approximate surface area is 141 Å². The lowest BCUT2D eigenvalue weighted by molar-refractivity contribution is -0.0721. The Hall–Kier alpha value is -0.600. The Balaban J connectivity index is 2.28. The van der Waals surface area contributed by atoms with Crippen molar-refractivity contribution in [3.05, 3.63) is 33.4 Å². The molecule has 0 amide bonds. The average Bonchev–Trinajstić information content (AvgIpc) is 2.47. The Morgan fingerprint density at radius 1 is 1.29 bits per heavy atom. The Bertz CT molecular complexity index is 519. The molecule has 21 heavy (non-hydrogen) atoms. The van der Waals surface area contributed by atoms with Gasteiger partial charge in [0.05, 0.1) is 11.5 Å². The van der Waals surface area contributed by atoms with Gasteiger partial charge in [-0.05, 0) is 84.7 Å². The van der Waals surface area contributed by atoms with Crippen molar-refractivity contribution < 1.29 is 5.11 Å². The van der Waals surface area contributed by atoms with Gasteiger partial charge in [0.25, 0.3) is 0 Å². The summed E-state index contributed by atoms with van der Waals surface area (Å²) in [6.45, 7) is 6.32. The van der Waals surface area contributed by atoms with Crippen LogP contribution in [0.2, 0.25) is 0 Å². The number of nitrogens with zero attached hydrogens (tertiary/aromatic N) is 1. The Kier molecular flexibility index (Phi) is 4.99. The molecule has 0 spiro atoms. The van der Waals surface area contributed by atoms with E-state index in [0.29, 0.717) is 11.8 Å². The first-order valence-corrected chi connectivity index (χ1v) is 8.80. The molecule has 1 aromatic rings. The van der Waals surface area contributed by atoms with E-state index in [-0.39, 0.29) is 0 Å². The van der Waals surface area contributed by atoms with Crippen LogP contribution in [0.25, 0.3) is 0 Å². The molecule has 0 aliphatic heterocycles. The number of halogens is 1. The molecule has 114 valence electrons. The summed E-state index contributed by atoms with van der Waals surface area (Å²) in [6, 6.07) is 10.4. The van der Waals surface area contributed by atoms with Crippen molar-refractivity contribution in [1.82, 2.24) is 0 Å². The lowest BCUT2D eigenvalue weighted by Gasteiger charge is -2.45. The van der Waals surface area contributed by atoms with E-state index in [1.54, 1.807) is 0 Å². The number of rotatable bonds is 3. The van der Waals surface area contributed by atoms with Crippen LogP contribution in [0.3, 0.4) is 0 Å². The lowest BCUT2D eigenvalue weighted by atomic mass is 9.59. The maximum absolute atomic E-state index is 11.2. The predicted molar refractivity (Wildman–Crippen MR) is 93.6 cm³/mol. The fourth-order valence-electron chi connectivity index (χ4n) is 3.56. The van der Waals surface area contributed by atoms with Crippen LogP contribution in [0.1, 0.15) is 52.0 Å². The van der Waals surface area contributed by atoms with Gasteiger partial charge >= 0.3 is 0 Å². The van der Waals surface area contributed by atoms with E-state index in [1.807, 2.05) is 31.2 Å². The zero-order chi connectivity index (χ0) is 15.7. The highest BCUT2D eigenvalue weighted by Gasteiger charge is 2.50. The van der Waals surface area contributed by atoms with Crippen molar-refractivity contribution in [3.63, 3.8) is 0 Å². The summed E-state index contributed by atoms with van der Waals surface area (Å²) in [5.74, 6) is 1.34. The molecule has 1 unspecified atom stereocenters. The summed E-state index contributed by atoms with van der Waals surface area (Å²) in [7, 11) is 0. The largest absolute Gasteiger partial charge is 0.384 e. The monoisotopic (exact) mass is 397 g/mol. The fraction of sp³-hybridized carbons (Fsp3) is 0.611. The van der Waals surface area contributed by atoms with Gasteiger partial charge in [-0.2, -0.15) is 5.26 Å². The van der Waals surface area contributed by atoms with E-state index in [2.05, 4.69) is 42.5 Å². The molecular weight excluding hydrogens is 373 g/mol. The second-order valence-electron chi connectivity index (χ2n) is 6.85. The second kappa shape index (κ2) is 6.26.